The van der Waals surface area contributed by atoms with Gasteiger partial charge in [0, 0.05) is 24.3 Å². The number of aromatic nitrogens is 2. The van der Waals surface area contributed by atoms with Gasteiger partial charge in [0.25, 0.3) is 5.56 Å². The fourth-order valence-corrected chi connectivity index (χ4v) is 3.65. The Hall–Kier alpha value is -2.22. The molecule has 0 saturated carbocycles. The average Bonchev–Trinajstić information content (AvgIpc) is 2.57. The summed E-state index contributed by atoms with van der Waals surface area (Å²) in [6, 6.07) is 5.30. The monoisotopic (exact) mass is 396 g/mol. The zero-order valence-electron chi connectivity index (χ0n) is 13.2. The fraction of sp³-hybridized carbons (Fsp3) is 0.176. The summed E-state index contributed by atoms with van der Waals surface area (Å²) in [4.78, 5) is 18.2. The molecule has 1 aromatic heterocycles. The van der Waals surface area contributed by atoms with E-state index >= 15 is 0 Å². The number of H-pyrrole nitrogens is 1. The summed E-state index contributed by atoms with van der Waals surface area (Å²) in [6.07, 6.45) is 1.14. The lowest BCUT2D eigenvalue weighted by atomic mass is 9.83. The molecule has 1 aliphatic rings. The van der Waals surface area contributed by atoms with Crippen LogP contribution >= 0.6 is 23.2 Å². The van der Waals surface area contributed by atoms with E-state index in [4.69, 9.17) is 23.2 Å². The molecule has 1 fully saturated rings. The quantitative estimate of drug-likeness (QED) is 0.593. The number of hydrogen-bond acceptors (Lipinski definition) is 4. The molecule has 4 rings (SSSR count). The van der Waals surface area contributed by atoms with E-state index < -0.39 is 22.7 Å². The molecule has 3 N–H and O–H groups in total. The minimum Gasteiger partial charge on any atom is -0.373 e. The molecule has 26 heavy (non-hydrogen) atoms. The van der Waals surface area contributed by atoms with Gasteiger partial charge < -0.3 is 15.6 Å². The summed E-state index contributed by atoms with van der Waals surface area (Å²) >= 11 is 12.3. The van der Waals surface area contributed by atoms with Gasteiger partial charge in [-0.3, -0.25) is 4.79 Å². The summed E-state index contributed by atoms with van der Waals surface area (Å²) in [7, 11) is 0. The molecule has 9 heteroatoms. The number of benzene rings is 2. The summed E-state index contributed by atoms with van der Waals surface area (Å²) in [5, 5.41) is 6.58. The third-order valence-corrected chi connectivity index (χ3v) is 5.26. The zero-order valence-corrected chi connectivity index (χ0v) is 14.7. The molecule has 0 amide bonds. The number of fused-ring (bicyclic) bond motifs is 1. The number of aromatic amines is 1. The normalized spacial score (nSPS) is 15.7. The Bertz CT molecular complexity index is 1080. The highest BCUT2D eigenvalue weighted by atomic mass is 35.5. The van der Waals surface area contributed by atoms with Crippen molar-refractivity contribution in [3.63, 3.8) is 0 Å². The van der Waals surface area contributed by atoms with Crippen LogP contribution < -0.4 is 16.2 Å². The first-order chi connectivity index (χ1) is 12.4. The predicted molar refractivity (Wildman–Crippen MR) is 96.9 cm³/mol. The van der Waals surface area contributed by atoms with Crippen LogP contribution in [-0.2, 0) is 5.54 Å². The van der Waals surface area contributed by atoms with Gasteiger partial charge in [0.15, 0.2) is 5.82 Å². The standard InChI is InChI=1S/C17H12Cl2F2N4O/c18-10-1-2-11(20)13(14(10)19)17(5-22-6-17)25-8-3-9-15(12(21)4-8)23-7-24-16(9)26/h1-4,7,22,25H,5-6H2,(H,23,24,26). The maximum atomic E-state index is 14.5. The predicted octanol–water partition coefficient (Wildman–Crippen LogP) is 3.42. The summed E-state index contributed by atoms with van der Waals surface area (Å²) in [6.45, 7) is 0.708. The molecule has 0 radical (unpaired) electrons. The van der Waals surface area contributed by atoms with Crippen molar-refractivity contribution in [1.29, 1.82) is 0 Å². The molecule has 134 valence electrons. The van der Waals surface area contributed by atoms with Gasteiger partial charge in [0.2, 0.25) is 0 Å². The Labute approximate surface area is 156 Å². The Morgan fingerprint density at radius 2 is 1.92 bits per heavy atom. The van der Waals surface area contributed by atoms with Crippen LogP contribution in [-0.4, -0.2) is 23.1 Å². The van der Waals surface area contributed by atoms with Crippen molar-refractivity contribution in [2.75, 3.05) is 18.4 Å². The molecular formula is C17H12Cl2F2N4O. The molecular weight excluding hydrogens is 385 g/mol. The van der Waals surface area contributed by atoms with Crippen LogP contribution in [0.15, 0.2) is 35.4 Å². The van der Waals surface area contributed by atoms with E-state index in [-0.39, 0.29) is 26.5 Å². The number of nitrogens with zero attached hydrogens (tertiary/aromatic N) is 1. The van der Waals surface area contributed by atoms with Crippen molar-refractivity contribution in [3.8, 4) is 0 Å². The minimum atomic E-state index is -0.916. The van der Waals surface area contributed by atoms with Crippen molar-refractivity contribution < 1.29 is 8.78 Å². The number of nitrogens with one attached hydrogen (secondary N) is 3. The fourth-order valence-electron chi connectivity index (χ4n) is 3.15. The summed E-state index contributed by atoms with van der Waals surface area (Å²) in [5.74, 6) is -1.18. The van der Waals surface area contributed by atoms with E-state index in [0.717, 1.165) is 6.33 Å². The molecule has 3 aromatic rings. The Morgan fingerprint density at radius 3 is 2.62 bits per heavy atom. The third-order valence-electron chi connectivity index (χ3n) is 4.46. The van der Waals surface area contributed by atoms with E-state index in [1.807, 2.05) is 0 Å². The molecule has 0 atom stereocenters. The first kappa shape index (κ1) is 17.2. The smallest absolute Gasteiger partial charge is 0.258 e. The number of anilines is 1. The van der Waals surface area contributed by atoms with E-state index in [9.17, 15) is 13.6 Å². The van der Waals surface area contributed by atoms with Gasteiger partial charge in [-0.1, -0.05) is 23.2 Å². The van der Waals surface area contributed by atoms with Crippen LogP contribution in [0.3, 0.4) is 0 Å². The molecule has 0 aliphatic carbocycles. The molecule has 5 nitrogen and oxygen atoms in total. The topological polar surface area (TPSA) is 69.8 Å². The van der Waals surface area contributed by atoms with Crippen LogP contribution in [0.2, 0.25) is 10.0 Å². The molecule has 0 bridgehead atoms. The largest absolute Gasteiger partial charge is 0.373 e. The molecule has 0 unspecified atom stereocenters. The molecule has 1 saturated heterocycles. The lowest BCUT2D eigenvalue weighted by Gasteiger charge is -2.45. The third kappa shape index (κ3) is 2.63. The van der Waals surface area contributed by atoms with Crippen molar-refractivity contribution in [1.82, 2.24) is 15.3 Å². The second-order valence-electron chi connectivity index (χ2n) is 6.11. The maximum absolute atomic E-state index is 14.5. The highest BCUT2D eigenvalue weighted by Crippen LogP contribution is 2.40. The number of rotatable bonds is 3. The first-order valence-electron chi connectivity index (χ1n) is 7.71. The Kier molecular flexibility index (Phi) is 4.10. The number of hydrogen-bond donors (Lipinski definition) is 3. The molecule has 0 spiro atoms. The summed E-state index contributed by atoms with van der Waals surface area (Å²) < 4.78 is 28.9. The Morgan fingerprint density at radius 1 is 1.15 bits per heavy atom. The zero-order chi connectivity index (χ0) is 18.5. The van der Waals surface area contributed by atoms with Crippen LogP contribution in [0.5, 0.6) is 0 Å². The van der Waals surface area contributed by atoms with E-state index in [2.05, 4.69) is 20.6 Å². The van der Waals surface area contributed by atoms with Gasteiger partial charge in [0.05, 0.1) is 27.3 Å². The van der Waals surface area contributed by atoms with Gasteiger partial charge in [0.1, 0.15) is 11.3 Å². The van der Waals surface area contributed by atoms with E-state index in [1.165, 1.54) is 24.3 Å². The van der Waals surface area contributed by atoms with Crippen LogP contribution in [0.1, 0.15) is 5.56 Å². The molecule has 2 aromatic carbocycles. The SMILES string of the molecule is O=c1[nH]cnc2c(F)cc(NC3(c4c(F)ccc(Cl)c4Cl)CNC3)cc12. The van der Waals surface area contributed by atoms with E-state index in [1.54, 1.807) is 0 Å². The second-order valence-corrected chi connectivity index (χ2v) is 6.90. The maximum Gasteiger partial charge on any atom is 0.258 e. The van der Waals surface area contributed by atoms with Crippen LogP contribution in [0.25, 0.3) is 10.9 Å². The highest BCUT2D eigenvalue weighted by molar-refractivity contribution is 6.42. The van der Waals surface area contributed by atoms with Gasteiger partial charge in [-0.05, 0) is 24.3 Å². The van der Waals surface area contributed by atoms with Gasteiger partial charge in [-0.15, -0.1) is 0 Å². The van der Waals surface area contributed by atoms with Crippen molar-refractivity contribution in [2.24, 2.45) is 0 Å². The van der Waals surface area contributed by atoms with Crippen LogP contribution in [0, 0.1) is 11.6 Å². The van der Waals surface area contributed by atoms with Crippen molar-refractivity contribution in [3.05, 3.63) is 68.2 Å². The first-order valence-corrected chi connectivity index (χ1v) is 8.47. The van der Waals surface area contributed by atoms with Gasteiger partial charge >= 0.3 is 0 Å². The van der Waals surface area contributed by atoms with Crippen molar-refractivity contribution in [2.45, 2.75) is 5.54 Å². The van der Waals surface area contributed by atoms with Gasteiger partial charge in [-0.2, -0.15) is 0 Å². The lowest BCUT2D eigenvalue weighted by molar-refractivity contribution is 0.307. The highest BCUT2D eigenvalue weighted by Gasteiger charge is 2.43. The Balaban J connectivity index is 1.83. The van der Waals surface area contributed by atoms with E-state index in [0.29, 0.717) is 18.8 Å². The van der Waals surface area contributed by atoms with Crippen molar-refractivity contribution >= 4 is 39.8 Å². The summed E-state index contributed by atoms with van der Waals surface area (Å²) in [5.41, 5.74) is -0.907. The lowest BCUT2D eigenvalue weighted by Crippen LogP contribution is -2.62. The molecule has 1 aliphatic heterocycles. The van der Waals surface area contributed by atoms with Crippen LogP contribution in [0.4, 0.5) is 14.5 Å². The minimum absolute atomic E-state index is 0.0351. The average molecular weight is 397 g/mol. The second kappa shape index (κ2) is 6.19. The van der Waals surface area contributed by atoms with Gasteiger partial charge in [-0.25, -0.2) is 13.8 Å². The molecule has 2 heterocycles. The number of halogens is 4.